The van der Waals surface area contributed by atoms with Gasteiger partial charge in [0.1, 0.15) is 5.75 Å². The highest BCUT2D eigenvalue weighted by atomic mass is 35.5. The number of halogens is 1. The molecule has 1 aliphatic rings. The lowest BCUT2D eigenvalue weighted by molar-refractivity contribution is -0.0221. The first-order valence-electron chi connectivity index (χ1n) is 6.26. The molecule has 1 heterocycles. The second-order valence-electron chi connectivity index (χ2n) is 4.32. The minimum atomic E-state index is 0.0870. The Hall–Kier alpha value is -0.730. The van der Waals surface area contributed by atoms with Gasteiger partial charge >= 0.3 is 0 Å². The van der Waals surface area contributed by atoms with E-state index < -0.39 is 0 Å². The van der Waals surface area contributed by atoms with E-state index in [0.717, 1.165) is 30.8 Å². The van der Waals surface area contributed by atoms with Crippen LogP contribution in [0.1, 0.15) is 31.4 Å². The predicted octanol–water partition coefficient (Wildman–Crippen LogP) is 3.79. The third-order valence-electron chi connectivity index (χ3n) is 3.17. The molecule has 94 valence electrons. The molecular formula is C14H19ClO2. The fourth-order valence-electron chi connectivity index (χ4n) is 2.35. The number of rotatable bonds is 4. The summed E-state index contributed by atoms with van der Waals surface area (Å²) in [5, 5.41) is 0. The Labute approximate surface area is 108 Å². The average molecular weight is 255 g/mol. The number of para-hydroxylation sites is 1. The predicted molar refractivity (Wildman–Crippen MR) is 69.7 cm³/mol. The minimum Gasteiger partial charge on any atom is -0.493 e. The number of hydrogen-bond acceptors (Lipinski definition) is 2. The summed E-state index contributed by atoms with van der Waals surface area (Å²) in [6.07, 6.45) is 2.32. The molecule has 3 heteroatoms. The first-order valence-corrected chi connectivity index (χ1v) is 6.79. The van der Waals surface area contributed by atoms with Gasteiger partial charge in [-0.15, -0.1) is 11.6 Å². The van der Waals surface area contributed by atoms with Crippen molar-refractivity contribution in [3.05, 3.63) is 29.8 Å². The largest absolute Gasteiger partial charge is 0.493 e. The van der Waals surface area contributed by atoms with Gasteiger partial charge in [0.25, 0.3) is 0 Å². The Bertz CT molecular complexity index is 354. The summed E-state index contributed by atoms with van der Waals surface area (Å²) in [5.41, 5.74) is 1.14. The summed E-state index contributed by atoms with van der Waals surface area (Å²) in [4.78, 5) is 0. The van der Waals surface area contributed by atoms with Crippen LogP contribution in [0, 0.1) is 5.92 Å². The third kappa shape index (κ3) is 2.93. The van der Waals surface area contributed by atoms with Gasteiger partial charge in [-0.05, 0) is 25.8 Å². The third-order valence-corrected chi connectivity index (χ3v) is 3.56. The van der Waals surface area contributed by atoms with Gasteiger partial charge in [-0.2, -0.15) is 0 Å². The van der Waals surface area contributed by atoms with Crippen molar-refractivity contribution < 1.29 is 9.47 Å². The molecule has 0 bridgehead atoms. The van der Waals surface area contributed by atoms with Crippen LogP contribution in [-0.2, 0) is 4.74 Å². The van der Waals surface area contributed by atoms with Gasteiger partial charge in [0.15, 0.2) is 0 Å². The van der Waals surface area contributed by atoms with Gasteiger partial charge in [0.2, 0.25) is 0 Å². The maximum Gasteiger partial charge on any atom is 0.125 e. The molecule has 0 N–H and O–H groups in total. The summed E-state index contributed by atoms with van der Waals surface area (Å²) in [6, 6.07) is 8.11. The first-order chi connectivity index (χ1) is 8.36. The van der Waals surface area contributed by atoms with E-state index >= 15 is 0 Å². The van der Waals surface area contributed by atoms with E-state index in [4.69, 9.17) is 21.1 Å². The van der Waals surface area contributed by atoms with Crippen LogP contribution in [0.3, 0.4) is 0 Å². The highest BCUT2D eigenvalue weighted by molar-refractivity contribution is 6.18. The molecule has 2 atom stereocenters. The zero-order chi connectivity index (χ0) is 12.1. The summed E-state index contributed by atoms with van der Waals surface area (Å²) >= 11 is 6.03. The molecule has 0 aliphatic carbocycles. The molecule has 1 aliphatic heterocycles. The lowest BCUT2D eigenvalue weighted by atomic mass is 9.90. The van der Waals surface area contributed by atoms with Gasteiger partial charge in [-0.1, -0.05) is 18.2 Å². The van der Waals surface area contributed by atoms with E-state index in [2.05, 4.69) is 6.07 Å². The van der Waals surface area contributed by atoms with Crippen LogP contribution in [0.5, 0.6) is 5.75 Å². The second kappa shape index (κ2) is 6.27. The molecule has 0 aromatic heterocycles. The zero-order valence-corrected chi connectivity index (χ0v) is 11.0. The quantitative estimate of drug-likeness (QED) is 0.761. The van der Waals surface area contributed by atoms with Crippen LogP contribution in [0.25, 0.3) is 0 Å². The standard InChI is InChI=1S/C14H19ClO2/c1-2-16-13-8-4-3-7-12(13)14-11(10-15)6-5-9-17-14/h3-4,7-8,11,14H,2,5-6,9-10H2,1H3. The van der Waals surface area contributed by atoms with Crippen molar-refractivity contribution in [2.24, 2.45) is 5.92 Å². The maximum absolute atomic E-state index is 6.03. The Kier molecular flexibility index (Phi) is 4.69. The molecule has 2 rings (SSSR count). The maximum atomic E-state index is 6.03. The molecule has 0 amide bonds. The second-order valence-corrected chi connectivity index (χ2v) is 4.63. The zero-order valence-electron chi connectivity index (χ0n) is 10.2. The van der Waals surface area contributed by atoms with Crippen molar-refractivity contribution in [2.45, 2.75) is 25.9 Å². The smallest absolute Gasteiger partial charge is 0.125 e. The van der Waals surface area contributed by atoms with Crippen LogP contribution in [0.15, 0.2) is 24.3 Å². The van der Waals surface area contributed by atoms with E-state index in [1.54, 1.807) is 0 Å². The molecule has 1 aromatic carbocycles. The van der Waals surface area contributed by atoms with Gasteiger partial charge in [-0.25, -0.2) is 0 Å². The van der Waals surface area contributed by atoms with Gasteiger partial charge < -0.3 is 9.47 Å². The van der Waals surface area contributed by atoms with Crippen LogP contribution in [-0.4, -0.2) is 19.1 Å². The molecule has 2 unspecified atom stereocenters. The molecule has 0 saturated carbocycles. The Balaban J connectivity index is 2.24. The van der Waals surface area contributed by atoms with E-state index in [0.29, 0.717) is 18.4 Å². The van der Waals surface area contributed by atoms with Gasteiger partial charge in [-0.3, -0.25) is 0 Å². The number of hydrogen-bond donors (Lipinski definition) is 0. The molecule has 1 saturated heterocycles. The first kappa shape index (κ1) is 12.7. The van der Waals surface area contributed by atoms with Crippen LogP contribution >= 0.6 is 11.6 Å². The number of alkyl halides is 1. The summed E-state index contributed by atoms with van der Waals surface area (Å²) in [5.74, 6) is 1.97. The van der Waals surface area contributed by atoms with Gasteiger partial charge in [0, 0.05) is 24.0 Å². The molecule has 0 spiro atoms. The summed E-state index contributed by atoms with van der Waals surface area (Å²) in [6.45, 7) is 3.49. The molecule has 0 radical (unpaired) electrons. The monoisotopic (exact) mass is 254 g/mol. The molecule has 17 heavy (non-hydrogen) atoms. The molecule has 2 nitrogen and oxygen atoms in total. The lowest BCUT2D eigenvalue weighted by Gasteiger charge is -2.31. The minimum absolute atomic E-state index is 0.0870. The van der Waals surface area contributed by atoms with Crippen LogP contribution in [0.4, 0.5) is 0 Å². The Morgan fingerprint density at radius 2 is 2.24 bits per heavy atom. The highest BCUT2D eigenvalue weighted by Crippen LogP contribution is 2.38. The van der Waals surface area contributed by atoms with E-state index in [1.807, 2.05) is 25.1 Å². The van der Waals surface area contributed by atoms with Crippen molar-refractivity contribution in [1.82, 2.24) is 0 Å². The van der Waals surface area contributed by atoms with Crippen LogP contribution in [0.2, 0.25) is 0 Å². The average Bonchev–Trinajstić information content (AvgIpc) is 2.40. The topological polar surface area (TPSA) is 18.5 Å². The van der Waals surface area contributed by atoms with Crippen LogP contribution < -0.4 is 4.74 Å². The highest BCUT2D eigenvalue weighted by Gasteiger charge is 2.28. The normalized spacial score (nSPS) is 24.6. The Morgan fingerprint density at radius 1 is 1.41 bits per heavy atom. The van der Waals surface area contributed by atoms with E-state index in [1.165, 1.54) is 0 Å². The van der Waals surface area contributed by atoms with E-state index in [-0.39, 0.29) is 6.10 Å². The summed E-state index contributed by atoms with van der Waals surface area (Å²) < 4.78 is 11.6. The Morgan fingerprint density at radius 3 is 3.00 bits per heavy atom. The molecule has 1 fully saturated rings. The number of ether oxygens (including phenoxy) is 2. The van der Waals surface area contributed by atoms with Crippen molar-refractivity contribution in [3.63, 3.8) is 0 Å². The lowest BCUT2D eigenvalue weighted by Crippen LogP contribution is -2.24. The fraction of sp³-hybridized carbons (Fsp3) is 0.571. The summed E-state index contributed by atoms with van der Waals surface area (Å²) in [7, 11) is 0. The van der Waals surface area contributed by atoms with Gasteiger partial charge in [0.05, 0.1) is 12.7 Å². The SMILES string of the molecule is CCOc1ccccc1C1OCCCC1CCl. The van der Waals surface area contributed by atoms with E-state index in [9.17, 15) is 0 Å². The fourth-order valence-corrected chi connectivity index (χ4v) is 2.66. The van der Waals surface area contributed by atoms with Crippen molar-refractivity contribution >= 4 is 11.6 Å². The number of benzene rings is 1. The molecule has 1 aromatic rings. The van der Waals surface area contributed by atoms with Crippen molar-refractivity contribution in [2.75, 3.05) is 19.1 Å². The molecular weight excluding hydrogens is 236 g/mol. The van der Waals surface area contributed by atoms with Crippen molar-refractivity contribution in [3.8, 4) is 5.75 Å². The van der Waals surface area contributed by atoms with Crippen molar-refractivity contribution in [1.29, 1.82) is 0 Å².